The summed E-state index contributed by atoms with van der Waals surface area (Å²) in [7, 11) is 1.19. The normalized spacial score (nSPS) is 27.8. The van der Waals surface area contributed by atoms with Crippen LogP contribution in [0.5, 0.6) is 5.75 Å². The summed E-state index contributed by atoms with van der Waals surface area (Å²) in [4.78, 5) is 0. The van der Waals surface area contributed by atoms with Crippen LogP contribution in [0, 0.1) is 0 Å². The zero-order chi connectivity index (χ0) is 13.6. The van der Waals surface area contributed by atoms with E-state index in [1.165, 1.54) is 19.2 Å². The molecule has 1 saturated carbocycles. The third-order valence-corrected chi connectivity index (χ3v) is 3.26. The summed E-state index contributed by atoms with van der Waals surface area (Å²) in [5, 5.41) is 9.29. The highest BCUT2D eigenvalue weighted by atomic mass is 19.4. The van der Waals surface area contributed by atoms with Crippen molar-refractivity contribution in [2.75, 3.05) is 7.11 Å². The molecule has 2 rings (SSSR count). The number of aliphatic hydroxyl groups excluding tert-OH is 1. The fraction of sp³-hybridized carbons (Fsp3) is 0.500. The summed E-state index contributed by atoms with van der Waals surface area (Å²) in [5.74, 6) is -0.251. The molecule has 100 valence electrons. The van der Waals surface area contributed by atoms with E-state index in [9.17, 15) is 18.3 Å². The van der Waals surface area contributed by atoms with E-state index in [4.69, 9.17) is 10.5 Å². The first-order valence-corrected chi connectivity index (χ1v) is 5.49. The Morgan fingerprint density at radius 1 is 1.39 bits per heavy atom. The van der Waals surface area contributed by atoms with Gasteiger partial charge in [0.25, 0.3) is 0 Å². The molecule has 1 aliphatic carbocycles. The van der Waals surface area contributed by atoms with Gasteiger partial charge in [0, 0.05) is 11.1 Å². The lowest BCUT2D eigenvalue weighted by atomic mass is 9.70. The van der Waals surface area contributed by atoms with Gasteiger partial charge in [-0.05, 0) is 18.9 Å². The van der Waals surface area contributed by atoms with Crippen molar-refractivity contribution in [2.45, 2.75) is 30.7 Å². The Hall–Kier alpha value is -1.27. The molecule has 1 aromatic carbocycles. The first-order valence-electron chi connectivity index (χ1n) is 5.49. The molecule has 0 saturated heterocycles. The fourth-order valence-corrected chi connectivity index (χ4v) is 2.37. The van der Waals surface area contributed by atoms with Gasteiger partial charge in [-0.3, -0.25) is 0 Å². The van der Waals surface area contributed by atoms with E-state index in [2.05, 4.69) is 0 Å². The molecule has 0 spiro atoms. The Kier molecular flexibility index (Phi) is 3.03. The second kappa shape index (κ2) is 4.13. The van der Waals surface area contributed by atoms with E-state index in [1.54, 1.807) is 0 Å². The second-order valence-corrected chi connectivity index (χ2v) is 4.60. The lowest BCUT2D eigenvalue weighted by Gasteiger charge is -2.43. The predicted octanol–water partition coefficient (Wildman–Crippen LogP) is 2.02. The average molecular weight is 261 g/mol. The van der Waals surface area contributed by atoms with Crippen molar-refractivity contribution in [3.05, 3.63) is 29.3 Å². The number of methoxy groups -OCH3 is 1. The van der Waals surface area contributed by atoms with Crippen LogP contribution in [0.1, 0.15) is 24.0 Å². The largest absolute Gasteiger partial charge is 0.496 e. The molecule has 0 aromatic heterocycles. The lowest BCUT2D eigenvalue weighted by molar-refractivity contribution is -0.138. The number of benzene rings is 1. The average Bonchev–Trinajstić information content (AvgIpc) is 2.24. The molecule has 0 unspecified atom stereocenters. The van der Waals surface area contributed by atoms with Crippen LogP contribution in [-0.4, -0.2) is 18.3 Å². The molecule has 0 heterocycles. The minimum atomic E-state index is -4.49. The summed E-state index contributed by atoms with van der Waals surface area (Å²) in [6.45, 7) is 0. The van der Waals surface area contributed by atoms with E-state index in [-0.39, 0.29) is 18.6 Å². The van der Waals surface area contributed by atoms with Crippen LogP contribution < -0.4 is 10.5 Å². The summed E-state index contributed by atoms with van der Waals surface area (Å²) >= 11 is 0. The standard InChI is InChI=1S/C12H14F3NO2/c1-18-10-8(11(16)5-7(17)6-11)3-2-4-9(10)12(13,14)15/h2-4,7,17H,5-6,16H2,1H3. The van der Waals surface area contributed by atoms with E-state index < -0.39 is 23.4 Å². The van der Waals surface area contributed by atoms with Crippen molar-refractivity contribution in [3.8, 4) is 5.75 Å². The maximum absolute atomic E-state index is 12.8. The molecule has 6 heteroatoms. The summed E-state index contributed by atoms with van der Waals surface area (Å²) in [6.07, 6.45) is -4.57. The van der Waals surface area contributed by atoms with E-state index in [0.29, 0.717) is 5.56 Å². The van der Waals surface area contributed by atoms with Crippen LogP contribution in [0.25, 0.3) is 0 Å². The highest BCUT2D eigenvalue weighted by molar-refractivity contribution is 5.48. The summed E-state index contributed by atoms with van der Waals surface area (Å²) in [5.41, 5.74) is 4.51. The summed E-state index contributed by atoms with van der Waals surface area (Å²) in [6, 6.07) is 3.78. The number of ether oxygens (including phenoxy) is 1. The SMILES string of the molecule is COc1c(C(F)(F)F)cccc1C1(N)CC(O)C1. The topological polar surface area (TPSA) is 55.5 Å². The number of nitrogens with two attached hydrogens (primary N) is 1. The van der Waals surface area contributed by atoms with Gasteiger partial charge >= 0.3 is 6.18 Å². The minimum absolute atomic E-state index is 0.241. The third-order valence-electron chi connectivity index (χ3n) is 3.26. The van der Waals surface area contributed by atoms with Crippen molar-refractivity contribution in [3.63, 3.8) is 0 Å². The first kappa shape index (κ1) is 13.2. The van der Waals surface area contributed by atoms with Gasteiger partial charge in [0.1, 0.15) is 5.75 Å². The van der Waals surface area contributed by atoms with E-state index >= 15 is 0 Å². The number of halogens is 3. The molecule has 0 aliphatic heterocycles. The summed E-state index contributed by atoms with van der Waals surface area (Å²) < 4.78 is 43.4. The van der Waals surface area contributed by atoms with Crippen molar-refractivity contribution in [1.29, 1.82) is 0 Å². The monoisotopic (exact) mass is 261 g/mol. The quantitative estimate of drug-likeness (QED) is 0.856. The van der Waals surface area contributed by atoms with Crippen LogP contribution in [0.3, 0.4) is 0 Å². The molecule has 1 aromatic rings. The van der Waals surface area contributed by atoms with Crippen LogP contribution in [-0.2, 0) is 11.7 Å². The highest BCUT2D eigenvalue weighted by Gasteiger charge is 2.45. The molecule has 3 N–H and O–H groups in total. The van der Waals surface area contributed by atoms with E-state index in [0.717, 1.165) is 6.07 Å². The molecule has 0 atom stereocenters. The van der Waals surface area contributed by atoms with Crippen LogP contribution in [0.4, 0.5) is 13.2 Å². The maximum atomic E-state index is 12.8. The molecule has 3 nitrogen and oxygen atoms in total. The Morgan fingerprint density at radius 2 is 2.00 bits per heavy atom. The number of hydrogen-bond acceptors (Lipinski definition) is 3. The van der Waals surface area contributed by atoms with Crippen molar-refractivity contribution >= 4 is 0 Å². The van der Waals surface area contributed by atoms with Gasteiger partial charge in [0.2, 0.25) is 0 Å². The van der Waals surface area contributed by atoms with Gasteiger partial charge < -0.3 is 15.6 Å². The maximum Gasteiger partial charge on any atom is 0.419 e. The molecule has 18 heavy (non-hydrogen) atoms. The van der Waals surface area contributed by atoms with Crippen molar-refractivity contribution in [2.24, 2.45) is 5.73 Å². The van der Waals surface area contributed by atoms with Crippen LogP contribution in [0.2, 0.25) is 0 Å². The van der Waals surface area contributed by atoms with Gasteiger partial charge in [0.05, 0.1) is 18.8 Å². The Morgan fingerprint density at radius 3 is 2.44 bits per heavy atom. The van der Waals surface area contributed by atoms with Crippen molar-refractivity contribution in [1.82, 2.24) is 0 Å². The third kappa shape index (κ3) is 2.06. The smallest absolute Gasteiger partial charge is 0.419 e. The number of hydrogen-bond donors (Lipinski definition) is 2. The zero-order valence-electron chi connectivity index (χ0n) is 9.79. The van der Waals surface area contributed by atoms with Crippen LogP contribution >= 0.6 is 0 Å². The molecule has 0 bridgehead atoms. The van der Waals surface area contributed by atoms with Crippen LogP contribution in [0.15, 0.2) is 18.2 Å². The Bertz CT molecular complexity index is 453. The number of para-hydroxylation sites is 1. The number of rotatable bonds is 2. The second-order valence-electron chi connectivity index (χ2n) is 4.60. The number of alkyl halides is 3. The van der Waals surface area contributed by atoms with Gasteiger partial charge in [-0.1, -0.05) is 12.1 Å². The predicted molar refractivity (Wildman–Crippen MR) is 59.1 cm³/mol. The zero-order valence-corrected chi connectivity index (χ0v) is 9.79. The fourth-order valence-electron chi connectivity index (χ4n) is 2.37. The van der Waals surface area contributed by atoms with Gasteiger partial charge in [0.15, 0.2) is 0 Å². The minimum Gasteiger partial charge on any atom is -0.496 e. The molecule has 1 aliphatic rings. The molecule has 0 radical (unpaired) electrons. The van der Waals surface area contributed by atoms with Gasteiger partial charge in [-0.2, -0.15) is 13.2 Å². The molecular weight excluding hydrogens is 247 g/mol. The Balaban J connectivity index is 2.49. The molecular formula is C12H14F3NO2. The van der Waals surface area contributed by atoms with Gasteiger partial charge in [-0.15, -0.1) is 0 Å². The lowest BCUT2D eigenvalue weighted by Crippen LogP contribution is -2.51. The van der Waals surface area contributed by atoms with E-state index in [1.807, 2.05) is 0 Å². The molecule has 0 amide bonds. The first-order chi connectivity index (χ1) is 8.28. The Labute approximate surface area is 102 Å². The molecule has 1 fully saturated rings. The van der Waals surface area contributed by atoms with Crippen molar-refractivity contribution < 1.29 is 23.0 Å². The highest BCUT2D eigenvalue weighted by Crippen LogP contribution is 2.47. The number of aliphatic hydroxyl groups is 1. The van der Waals surface area contributed by atoms with Gasteiger partial charge in [-0.25, -0.2) is 0 Å².